The Morgan fingerprint density at radius 2 is 1.85 bits per heavy atom. The normalized spacial score (nSPS) is 14.2. The molecule has 1 aliphatic rings. The molecule has 0 bridgehead atoms. The fourth-order valence-corrected chi connectivity index (χ4v) is 3.76. The maximum absolute atomic E-state index is 13.8. The number of carbonyl (C=O) groups is 1. The van der Waals surface area contributed by atoms with E-state index in [4.69, 9.17) is 4.74 Å². The van der Waals surface area contributed by atoms with Crippen LogP contribution in [0.3, 0.4) is 0 Å². The van der Waals surface area contributed by atoms with E-state index in [1.807, 2.05) is 28.8 Å². The quantitative estimate of drug-likeness (QED) is 0.595. The van der Waals surface area contributed by atoms with Gasteiger partial charge < -0.3 is 14.6 Å². The Kier molecular flexibility index (Phi) is 7.09. The number of fused-ring (bicyclic) bond motifs is 1. The molecule has 1 N–H and O–H groups in total. The minimum Gasteiger partial charge on any atom is -0.497 e. The molecule has 9 heteroatoms. The van der Waals surface area contributed by atoms with E-state index in [9.17, 15) is 13.6 Å². The molecule has 0 unspecified atom stereocenters. The summed E-state index contributed by atoms with van der Waals surface area (Å²) in [6.07, 6.45) is 4.92. The molecule has 0 saturated carbocycles. The third kappa shape index (κ3) is 5.43. The van der Waals surface area contributed by atoms with Crippen molar-refractivity contribution in [3.8, 4) is 5.75 Å². The van der Waals surface area contributed by atoms with Gasteiger partial charge in [0.05, 0.1) is 13.7 Å². The van der Waals surface area contributed by atoms with Crippen LogP contribution in [0.15, 0.2) is 48.5 Å². The summed E-state index contributed by atoms with van der Waals surface area (Å²) in [5, 5.41) is 10.9. The number of halogens is 2. The number of benzene rings is 2. The van der Waals surface area contributed by atoms with Crippen molar-refractivity contribution in [1.29, 1.82) is 0 Å². The van der Waals surface area contributed by atoms with E-state index in [0.29, 0.717) is 12.4 Å². The highest BCUT2D eigenvalue weighted by molar-refractivity contribution is 5.94. The lowest BCUT2D eigenvalue weighted by atomic mass is 10.2. The van der Waals surface area contributed by atoms with E-state index >= 15 is 0 Å². The molecule has 172 valence electrons. The summed E-state index contributed by atoms with van der Waals surface area (Å²) in [4.78, 5) is 14.6. The van der Waals surface area contributed by atoms with E-state index in [1.165, 1.54) is 6.07 Å². The van der Waals surface area contributed by atoms with Crippen LogP contribution >= 0.6 is 0 Å². The van der Waals surface area contributed by atoms with Crippen molar-refractivity contribution < 1.29 is 18.3 Å². The van der Waals surface area contributed by atoms with Crippen LogP contribution < -0.4 is 10.1 Å². The molecular weight excluding hydrogens is 428 g/mol. The molecule has 4 rings (SSSR count). The van der Waals surface area contributed by atoms with Crippen molar-refractivity contribution in [1.82, 2.24) is 25.0 Å². The molecule has 7 nitrogen and oxygen atoms in total. The number of methoxy groups -OCH3 is 1. The Balaban J connectivity index is 1.32. The Morgan fingerprint density at radius 1 is 1.09 bits per heavy atom. The zero-order chi connectivity index (χ0) is 23.2. The largest absolute Gasteiger partial charge is 0.497 e. The van der Waals surface area contributed by atoms with Crippen molar-refractivity contribution in [3.05, 3.63) is 83.0 Å². The first-order valence-electron chi connectivity index (χ1n) is 10.7. The fourth-order valence-electron chi connectivity index (χ4n) is 3.76. The Hall–Kier alpha value is -3.59. The van der Waals surface area contributed by atoms with Crippen LogP contribution in [-0.4, -0.2) is 52.3 Å². The third-order valence-corrected chi connectivity index (χ3v) is 5.58. The van der Waals surface area contributed by atoms with Gasteiger partial charge in [-0.25, -0.2) is 8.78 Å². The number of nitrogens with zero attached hydrogens (tertiary/aromatic N) is 4. The number of nitrogens with one attached hydrogen (secondary N) is 1. The molecule has 1 aliphatic heterocycles. The molecule has 0 spiro atoms. The van der Waals surface area contributed by atoms with Crippen molar-refractivity contribution in [2.45, 2.75) is 19.5 Å². The predicted molar refractivity (Wildman–Crippen MR) is 120 cm³/mol. The Morgan fingerprint density at radius 3 is 2.58 bits per heavy atom. The molecular formula is C24H25F2N5O2. The molecule has 0 aliphatic carbocycles. The van der Waals surface area contributed by atoms with Crippen LogP contribution in [0.25, 0.3) is 6.08 Å². The first-order chi connectivity index (χ1) is 16.0. The van der Waals surface area contributed by atoms with Gasteiger partial charge in [0, 0.05) is 32.6 Å². The molecule has 1 amide bonds. The van der Waals surface area contributed by atoms with Crippen LogP contribution in [0.4, 0.5) is 8.78 Å². The SMILES string of the molecule is COc1ccc(/C=C/CN2CCc3nnc(CNC(=O)c4c(F)cccc4F)n3CC2)cc1. The third-order valence-electron chi connectivity index (χ3n) is 5.58. The van der Waals surface area contributed by atoms with Crippen LogP contribution in [0.5, 0.6) is 5.75 Å². The monoisotopic (exact) mass is 453 g/mol. The van der Waals surface area contributed by atoms with Crippen LogP contribution in [0.2, 0.25) is 0 Å². The van der Waals surface area contributed by atoms with Gasteiger partial charge in [-0.2, -0.15) is 0 Å². The van der Waals surface area contributed by atoms with Crippen LogP contribution in [-0.2, 0) is 19.5 Å². The number of amides is 1. The lowest BCUT2D eigenvalue weighted by Crippen LogP contribution is -2.29. The lowest BCUT2D eigenvalue weighted by Gasteiger charge is -2.17. The summed E-state index contributed by atoms with van der Waals surface area (Å²) < 4.78 is 34.8. The van der Waals surface area contributed by atoms with Crippen molar-refractivity contribution >= 4 is 12.0 Å². The maximum atomic E-state index is 13.8. The molecule has 0 atom stereocenters. The average molecular weight is 453 g/mol. The van der Waals surface area contributed by atoms with E-state index in [0.717, 1.165) is 55.3 Å². The Bertz CT molecular complexity index is 1120. The van der Waals surface area contributed by atoms with Gasteiger partial charge >= 0.3 is 0 Å². The highest BCUT2D eigenvalue weighted by Crippen LogP contribution is 2.14. The number of hydrogen-bond donors (Lipinski definition) is 1. The molecule has 0 fully saturated rings. The van der Waals surface area contributed by atoms with Gasteiger partial charge in [-0.05, 0) is 29.8 Å². The predicted octanol–water partition coefficient (Wildman–Crippen LogP) is 3.07. The molecule has 0 radical (unpaired) electrons. The minimum absolute atomic E-state index is 0.0387. The topological polar surface area (TPSA) is 72.3 Å². The van der Waals surface area contributed by atoms with Gasteiger partial charge in [-0.15, -0.1) is 10.2 Å². The van der Waals surface area contributed by atoms with Crippen LogP contribution in [0.1, 0.15) is 27.6 Å². The van der Waals surface area contributed by atoms with Gasteiger partial charge in [0.25, 0.3) is 5.91 Å². The molecule has 2 aromatic carbocycles. The van der Waals surface area contributed by atoms with Gasteiger partial charge in [-0.3, -0.25) is 9.69 Å². The first kappa shape index (κ1) is 22.6. The summed E-state index contributed by atoms with van der Waals surface area (Å²) in [5.41, 5.74) is 0.509. The number of ether oxygens (including phenoxy) is 1. The number of carbonyl (C=O) groups excluding carboxylic acids is 1. The standard InChI is InChI=1S/C24H25F2N5O2/c1-33-18-9-7-17(8-10-18)4-3-12-30-13-11-21-28-29-22(31(21)15-14-30)16-27-24(32)23-19(25)5-2-6-20(23)26/h2-10H,11-16H2,1H3,(H,27,32)/b4-3+. The average Bonchev–Trinajstić information content (AvgIpc) is 3.09. The van der Waals surface area contributed by atoms with E-state index in [1.54, 1.807) is 7.11 Å². The lowest BCUT2D eigenvalue weighted by molar-refractivity contribution is 0.0941. The summed E-state index contributed by atoms with van der Waals surface area (Å²) in [7, 11) is 1.65. The first-order valence-corrected chi connectivity index (χ1v) is 10.7. The van der Waals surface area contributed by atoms with E-state index in [-0.39, 0.29) is 6.54 Å². The van der Waals surface area contributed by atoms with Gasteiger partial charge in [-0.1, -0.05) is 30.4 Å². The zero-order valence-corrected chi connectivity index (χ0v) is 18.3. The second kappa shape index (κ2) is 10.4. The van der Waals surface area contributed by atoms with Crippen LogP contribution in [0, 0.1) is 11.6 Å². The molecule has 2 heterocycles. The molecule has 1 aromatic heterocycles. The second-order valence-corrected chi connectivity index (χ2v) is 7.69. The van der Waals surface area contributed by atoms with E-state index < -0.39 is 23.1 Å². The smallest absolute Gasteiger partial charge is 0.257 e. The summed E-state index contributed by atoms with van der Waals surface area (Å²) in [5.74, 6) is -0.393. The minimum atomic E-state index is -0.897. The maximum Gasteiger partial charge on any atom is 0.257 e. The number of rotatable bonds is 7. The van der Waals surface area contributed by atoms with Gasteiger partial charge in [0.1, 0.15) is 28.8 Å². The number of hydrogen-bond acceptors (Lipinski definition) is 5. The molecule has 33 heavy (non-hydrogen) atoms. The number of aromatic nitrogens is 3. The molecule has 3 aromatic rings. The summed E-state index contributed by atoms with van der Waals surface area (Å²) >= 11 is 0. The summed E-state index contributed by atoms with van der Waals surface area (Å²) in [6.45, 7) is 3.12. The zero-order valence-electron chi connectivity index (χ0n) is 18.3. The highest BCUT2D eigenvalue weighted by atomic mass is 19.1. The molecule has 0 saturated heterocycles. The van der Waals surface area contributed by atoms with Crippen molar-refractivity contribution in [2.24, 2.45) is 0 Å². The Labute approximate surface area is 190 Å². The van der Waals surface area contributed by atoms with Crippen molar-refractivity contribution in [2.75, 3.05) is 26.7 Å². The summed E-state index contributed by atoms with van der Waals surface area (Å²) in [6, 6.07) is 11.2. The van der Waals surface area contributed by atoms with E-state index in [2.05, 4.69) is 32.6 Å². The van der Waals surface area contributed by atoms with Crippen molar-refractivity contribution in [3.63, 3.8) is 0 Å². The van der Waals surface area contributed by atoms with Gasteiger partial charge in [0.15, 0.2) is 5.82 Å². The highest BCUT2D eigenvalue weighted by Gasteiger charge is 2.20. The van der Waals surface area contributed by atoms with Gasteiger partial charge in [0.2, 0.25) is 0 Å². The second-order valence-electron chi connectivity index (χ2n) is 7.69. The fraction of sp³-hybridized carbons (Fsp3) is 0.292.